The summed E-state index contributed by atoms with van der Waals surface area (Å²) in [5.41, 5.74) is 2.75. The number of aromatic nitrogens is 1. The van der Waals surface area contributed by atoms with E-state index in [1.807, 2.05) is 54.2 Å². The van der Waals surface area contributed by atoms with Gasteiger partial charge in [0.2, 0.25) is 5.91 Å². The number of hydrogen-bond acceptors (Lipinski definition) is 3. The Labute approximate surface area is 186 Å². The van der Waals surface area contributed by atoms with E-state index in [-0.39, 0.29) is 23.8 Å². The van der Waals surface area contributed by atoms with Gasteiger partial charge >= 0.3 is 0 Å². The number of rotatable bonds is 10. The molecule has 2 rings (SSSR count). The SMILES string of the molecule is C=CCN(CC(=O)N(CCOC)Cc1cccn1C)C(=O)c1ccc(C(C)(C)C)cc1. The molecular weight excluding hydrogens is 390 g/mol. The topological polar surface area (TPSA) is 54.8 Å². The van der Waals surface area contributed by atoms with Gasteiger partial charge in [-0.05, 0) is 35.2 Å². The summed E-state index contributed by atoms with van der Waals surface area (Å²) < 4.78 is 7.17. The van der Waals surface area contributed by atoms with Crippen molar-refractivity contribution in [3.05, 3.63) is 72.1 Å². The van der Waals surface area contributed by atoms with Crippen LogP contribution in [0, 0.1) is 0 Å². The summed E-state index contributed by atoms with van der Waals surface area (Å²) in [7, 11) is 3.56. The normalized spacial score (nSPS) is 11.3. The van der Waals surface area contributed by atoms with Gasteiger partial charge in [-0.3, -0.25) is 9.59 Å². The predicted octanol–water partition coefficient (Wildman–Crippen LogP) is 3.63. The summed E-state index contributed by atoms with van der Waals surface area (Å²) in [5.74, 6) is -0.306. The number of ether oxygens (including phenoxy) is 1. The third-order valence-corrected chi connectivity index (χ3v) is 5.28. The van der Waals surface area contributed by atoms with Crippen molar-refractivity contribution in [1.82, 2.24) is 14.4 Å². The average Bonchev–Trinajstić information content (AvgIpc) is 3.14. The number of carbonyl (C=O) groups excluding carboxylic acids is 2. The van der Waals surface area contributed by atoms with Crippen LogP contribution in [-0.2, 0) is 28.5 Å². The number of aryl methyl sites for hydroxylation is 1. The Morgan fingerprint density at radius 1 is 1.13 bits per heavy atom. The van der Waals surface area contributed by atoms with Crippen molar-refractivity contribution in [2.75, 3.05) is 33.4 Å². The van der Waals surface area contributed by atoms with Crippen LogP contribution >= 0.6 is 0 Å². The molecule has 0 fully saturated rings. The molecule has 0 unspecified atom stereocenters. The van der Waals surface area contributed by atoms with Crippen LogP contribution in [0.5, 0.6) is 0 Å². The van der Waals surface area contributed by atoms with Crippen molar-refractivity contribution in [3.63, 3.8) is 0 Å². The maximum absolute atomic E-state index is 13.1. The van der Waals surface area contributed by atoms with E-state index < -0.39 is 0 Å². The van der Waals surface area contributed by atoms with E-state index in [4.69, 9.17) is 4.74 Å². The summed E-state index contributed by atoms with van der Waals surface area (Å²) in [6.07, 6.45) is 3.59. The second-order valence-electron chi connectivity index (χ2n) is 8.72. The molecule has 2 amide bonds. The first-order valence-electron chi connectivity index (χ1n) is 10.5. The molecule has 0 saturated heterocycles. The molecule has 0 atom stereocenters. The second-order valence-corrected chi connectivity index (χ2v) is 8.72. The minimum absolute atomic E-state index is 0.0110. The summed E-state index contributed by atoms with van der Waals surface area (Å²) in [4.78, 5) is 29.5. The van der Waals surface area contributed by atoms with Crippen molar-refractivity contribution in [2.24, 2.45) is 7.05 Å². The van der Waals surface area contributed by atoms with Crippen molar-refractivity contribution < 1.29 is 14.3 Å². The molecule has 0 aliphatic carbocycles. The molecule has 0 spiro atoms. The summed E-state index contributed by atoms with van der Waals surface area (Å²) in [5, 5.41) is 0. The number of nitrogens with zero attached hydrogens (tertiary/aromatic N) is 3. The van der Waals surface area contributed by atoms with Crippen LogP contribution in [0.1, 0.15) is 42.4 Å². The molecule has 0 aliphatic heterocycles. The molecule has 0 saturated carbocycles. The molecule has 168 valence electrons. The van der Waals surface area contributed by atoms with Gasteiger partial charge < -0.3 is 19.1 Å². The number of benzene rings is 1. The molecule has 0 bridgehead atoms. The van der Waals surface area contributed by atoms with E-state index in [1.54, 1.807) is 18.1 Å². The molecule has 1 heterocycles. The molecule has 0 radical (unpaired) electrons. The van der Waals surface area contributed by atoms with Crippen molar-refractivity contribution in [2.45, 2.75) is 32.7 Å². The smallest absolute Gasteiger partial charge is 0.254 e. The lowest BCUT2D eigenvalue weighted by molar-refractivity contribution is -0.133. The standard InChI is InChI=1S/C25H35N3O3/c1-7-14-28(24(30)20-10-12-21(13-11-20)25(2,3)4)19-23(29)27(16-17-31-6)18-22-9-8-15-26(22)5/h7-13,15H,1,14,16-19H2,2-6H3. The van der Waals surface area contributed by atoms with Crippen LogP contribution in [0.15, 0.2) is 55.3 Å². The number of carbonyl (C=O) groups is 2. The molecular formula is C25H35N3O3. The Kier molecular flexibility index (Phi) is 8.63. The molecule has 1 aromatic heterocycles. The van der Waals surface area contributed by atoms with Gasteiger partial charge in [-0.15, -0.1) is 6.58 Å². The zero-order valence-electron chi connectivity index (χ0n) is 19.4. The number of hydrogen-bond donors (Lipinski definition) is 0. The van der Waals surface area contributed by atoms with E-state index in [1.165, 1.54) is 4.90 Å². The summed E-state index contributed by atoms with van der Waals surface area (Å²) >= 11 is 0. The minimum atomic E-state index is -0.181. The first kappa shape index (κ1) is 24.4. The van der Waals surface area contributed by atoms with E-state index in [2.05, 4.69) is 27.4 Å². The number of amides is 2. The van der Waals surface area contributed by atoms with Crippen LogP contribution in [0.4, 0.5) is 0 Å². The van der Waals surface area contributed by atoms with Gasteiger partial charge in [0.05, 0.1) is 13.2 Å². The van der Waals surface area contributed by atoms with Gasteiger partial charge in [-0.2, -0.15) is 0 Å². The Bertz CT molecular complexity index is 878. The van der Waals surface area contributed by atoms with Crippen molar-refractivity contribution in [1.29, 1.82) is 0 Å². The Morgan fingerprint density at radius 3 is 2.32 bits per heavy atom. The van der Waals surface area contributed by atoms with Gasteiger partial charge in [0.25, 0.3) is 5.91 Å². The zero-order valence-corrected chi connectivity index (χ0v) is 19.4. The highest BCUT2D eigenvalue weighted by molar-refractivity contribution is 5.96. The van der Waals surface area contributed by atoms with Crippen LogP contribution in [-0.4, -0.2) is 59.5 Å². The molecule has 0 N–H and O–H groups in total. The second kappa shape index (κ2) is 11.0. The summed E-state index contributed by atoms with van der Waals surface area (Å²) in [6.45, 7) is 11.8. The Morgan fingerprint density at radius 2 is 1.81 bits per heavy atom. The van der Waals surface area contributed by atoms with E-state index in [0.717, 1.165) is 11.3 Å². The van der Waals surface area contributed by atoms with E-state index in [9.17, 15) is 9.59 Å². The molecule has 6 nitrogen and oxygen atoms in total. The van der Waals surface area contributed by atoms with Crippen molar-refractivity contribution in [3.8, 4) is 0 Å². The summed E-state index contributed by atoms with van der Waals surface area (Å²) in [6, 6.07) is 11.5. The maximum atomic E-state index is 13.1. The fraction of sp³-hybridized carbons (Fsp3) is 0.440. The third-order valence-electron chi connectivity index (χ3n) is 5.28. The highest BCUT2D eigenvalue weighted by Crippen LogP contribution is 2.22. The lowest BCUT2D eigenvalue weighted by Gasteiger charge is -2.27. The number of methoxy groups -OCH3 is 1. The van der Waals surface area contributed by atoms with Crippen LogP contribution in [0.3, 0.4) is 0 Å². The van der Waals surface area contributed by atoms with Gasteiger partial charge in [0.1, 0.15) is 6.54 Å². The van der Waals surface area contributed by atoms with Crippen molar-refractivity contribution >= 4 is 11.8 Å². The van der Waals surface area contributed by atoms with Gasteiger partial charge in [0.15, 0.2) is 0 Å². The van der Waals surface area contributed by atoms with E-state index >= 15 is 0 Å². The molecule has 1 aromatic carbocycles. The minimum Gasteiger partial charge on any atom is -0.383 e. The monoisotopic (exact) mass is 425 g/mol. The molecule has 31 heavy (non-hydrogen) atoms. The van der Waals surface area contributed by atoms with Gasteiger partial charge in [-0.25, -0.2) is 0 Å². The van der Waals surface area contributed by atoms with Gasteiger partial charge in [0, 0.05) is 44.7 Å². The van der Waals surface area contributed by atoms with Crippen LogP contribution in [0.2, 0.25) is 0 Å². The maximum Gasteiger partial charge on any atom is 0.254 e. The fourth-order valence-electron chi connectivity index (χ4n) is 3.28. The Hall–Kier alpha value is -2.86. The first-order valence-corrected chi connectivity index (χ1v) is 10.5. The predicted molar refractivity (Wildman–Crippen MR) is 124 cm³/mol. The lowest BCUT2D eigenvalue weighted by atomic mass is 9.86. The van der Waals surface area contributed by atoms with E-state index in [0.29, 0.717) is 31.8 Å². The fourth-order valence-corrected chi connectivity index (χ4v) is 3.28. The highest BCUT2D eigenvalue weighted by atomic mass is 16.5. The highest BCUT2D eigenvalue weighted by Gasteiger charge is 2.23. The average molecular weight is 426 g/mol. The third kappa shape index (κ3) is 6.82. The lowest BCUT2D eigenvalue weighted by Crippen LogP contribution is -2.44. The molecule has 6 heteroatoms. The Balaban J connectivity index is 2.16. The van der Waals surface area contributed by atoms with Crippen LogP contribution < -0.4 is 0 Å². The quantitative estimate of drug-likeness (QED) is 0.546. The largest absolute Gasteiger partial charge is 0.383 e. The first-order chi connectivity index (χ1) is 14.7. The molecule has 0 aliphatic rings. The molecule has 2 aromatic rings. The zero-order chi connectivity index (χ0) is 23.0. The van der Waals surface area contributed by atoms with Gasteiger partial charge in [-0.1, -0.05) is 39.0 Å². The van der Waals surface area contributed by atoms with Crippen LogP contribution in [0.25, 0.3) is 0 Å².